The molecule has 1 aliphatic rings. The van der Waals surface area contributed by atoms with Crippen LogP contribution in [-0.4, -0.2) is 60.8 Å². The number of aromatic nitrogens is 6. The van der Waals surface area contributed by atoms with Crippen LogP contribution < -0.4 is 10.4 Å². The van der Waals surface area contributed by atoms with E-state index in [-0.39, 0.29) is 11.6 Å². The summed E-state index contributed by atoms with van der Waals surface area (Å²) < 4.78 is 38.7. The van der Waals surface area contributed by atoms with Gasteiger partial charge in [-0.2, -0.15) is 4.98 Å². The summed E-state index contributed by atoms with van der Waals surface area (Å²) in [7, 11) is 3.86. The minimum atomic E-state index is -0.472. The first-order valence-corrected chi connectivity index (χ1v) is 11.6. The zero-order valence-electron chi connectivity index (χ0n) is 19.7. The van der Waals surface area contributed by atoms with Gasteiger partial charge in [0.25, 0.3) is 0 Å². The maximum absolute atomic E-state index is 14.2. The summed E-state index contributed by atoms with van der Waals surface area (Å²) in [6, 6.07) is 8.15. The highest BCUT2D eigenvalue weighted by molar-refractivity contribution is 5.78. The van der Waals surface area contributed by atoms with Gasteiger partial charge in [0, 0.05) is 31.1 Å². The number of halogens is 2. The molecular weight excluding hydrogens is 468 g/mol. The Morgan fingerprint density at radius 2 is 1.89 bits per heavy atom. The summed E-state index contributed by atoms with van der Waals surface area (Å²) >= 11 is 0. The van der Waals surface area contributed by atoms with Gasteiger partial charge in [0.05, 0.1) is 29.9 Å². The lowest BCUT2D eigenvalue weighted by molar-refractivity contribution is 0.254. The second-order valence-electron chi connectivity index (χ2n) is 9.07. The first kappa shape index (κ1) is 22.4. The van der Waals surface area contributed by atoms with Crippen molar-refractivity contribution in [2.75, 3.05) is 27.2 Å². The smallest absolute Gasteiger partial charge is 0.330 e. The monoisotopic (exact) mass is 491 g/mol. The van der Waals surface area contributed by atoms with Gasteiger partial charge in [0.2, 0.25) is 5.95 Å². The lowest BCUT2D eigenvalue weighted by Gasteiger charge is -2.26. The van der Waals surface area contributed by atoms with Crippen molar-refractivity contribution in [3.8, 4) is 11.7 Å². The van der Waals surface area contributed by atoms with E-state index < -0.39 is 17.7 Å². The van der Waals surface area contributed by atoms with E-state index in [1.807, 2.05) is 19.0 Å². The first-order chi connectivity index (χ1) is 17.4. The number of ether oxygens (including phenoxy) is 1. The fraction of sp³-hybridized carbons (Fsp3) is 0.280. The van der Waals surface area contributed by atoms with Gasteiger partial charge in [-0.05, 0) is 44.4 Å². The van der Waals surface area contributed by atoms with Crippen LogP contribution in [0.3, 0.4) is 0 Å². The third-order valence-corrected chi connectivity index (χ3v) is 6.48. The van der Waals surface area contributed by atoms with Crippen LogP contribution in [0.1, 0.15) is 18.0 Å². The average Bonchev–Trinajstić information content (AvgIpc) is 3.39. The van der Waals surface area contributed by atoms with E-state index in [2.05, 4.69) is 9.97 Å². The predicted molar refractivity (Wildman–Crippen MR) is 130 cm³/mol. The Morgan fingerprint density at radius 1 is 1.08 bits per heavy atom. The van der Waals surface area contributed by atoms with Crippen molar-refractivity contribution in [3.05, 3.63) is 76.6 Å². The van der Waals surface area contributed by atoms with Crippen molar-refractivity contribution < 1.29 is 13.5 Å². The van der Waals surface area contributed by atoms with Crippen LogP contribution >= 0.6 is 0 Å². The molecule has 1 aliphatic heterocycles. The van der Waals surface area contributed by atoms with Crippen molar-refractivity contribution in [3.63, 3.8) is 0 Å². The molecule has 36 heavy (non-hydrogen) atoms. The van der Waals surface area contributed by atoms with Crippen molar-refractivity contribution in [2.24, 2.45) is 0 Å². The Kier molecular flexibility index (Phi) is 5.29. The fourth-order valence-corrected chi connectivity index (χ4v) is 4.72. The summed E-state index contributed by atoms with van der Waals surface area (Å²) in [6.07, 6.45) is 3.60. The van der Waals surface area contributed by atoms with E-state index in [9.17, 15) is 13.6 Å². The molecule has 0 unspecified atom stereocenters. The van der Waals surface area contributed by atoms with Gasteiger partial charge in [0.1, 0.15) is 29.2 Å². The Hall–Kier alpha value is -4.12. The van der Waals surface area contributed by atoms with Crippen molar-refractivity contribution in [2.45, 2.75) is 19.0 Å². The summed E-state index contributed by atoms with van der Waals surface area (Å²) in [5.74, 6) is -0.0199. The molecule has 0 saturated heterocycles. The number of benzene rings is 2. The number of rotatable bonds is 5. The van der Waals surface area contributed by atoms with Gasteiger partial charge in [-0.3, -0.25) is 13.7 Å². The molecule has 0 amide bonds. The number of fused-ring (bicyclic) bond motifs is 3. The Labute approximate surface area is 204 Å². The predicted octanol–water partition coefficient (Wildman–Crippen LogP) is 3.14. The molecule has 5 aromatic rings. The van der Waals surface area contributed by atoms with E-state index in [4.69, 9.17) is 9.72 Å². The Bertz CT molecular complexity index is 1670. The Balaban J connectivity index is 1.58. The standard InChI is InChI=1S/C25H23F2N7O2/c1-31(2)8-9-32-21-13-28-24(33-14-29-18-5-3-16(27)12-20(18)33)30-23(21)34(25(32)35)19-7-10-36-22-6-4-15(26)11-17(19)22/h3-6,11-14,19H,7-10H2,1-2H3/t19-/m1/s1. The molecule has 0 radical (unpaired) electrons. The van der Waals surface area contributed by atoms with E-state index in [0.29, 0.717) is 59.6 Å². The molecule has 4 heterocycles. The van der Waals surface area contributed by atoms with E-state index in [0.717, 1.165) is 0 Å². The van der Waals surface area contributed by atoms with Gasteiger partial charge in [-0.15, -0.1) is 0 Å². The largest absolute Gasteiger partial charge is 0.493 e. The number of hydrogen-bond donors (Lipinski definition) is 0. The molecule has 0 bridgehead atoms. The van der Waals surface area contributed by atoms with Crippen molar-refractivity contribution in [1.29, 1.82) is 0 Å². The highest BCUT2D eigenvalue weighted by Crippen LogP contribution is 2.36. The van der Waals surface area contributed by atoms with Crippen LogP contribution in [0.15, 0.2) is 53.7 Å². The van der Waals surface area contributed by atoms with Crippen LogP contribution in [0, 0.1) is 11.6 Å². The molecule has 0 spiro atoms. The molecule has 0 aliphatic carbocycles. The molecule has 11 heteroatoms. The van der Waals surface area contributed by atoms with Gasteiger partial charge in [-0.25, -0.2) is 23.5 Å². The summed E-state index contributed by atoms with van der Waals surface area (Å²) in [6.45, 7) is 1.44. The minimum Gasteiger partial charge on any atom is -0.493 e. The van der Waals surface area contributed by atoms with Gasteiger partial charge < -0.3 is 9.64 Å². The zero-order chi connectivity index (χ0) is 25.0. The number of hydrogen-bond acceptors (Lipinski definition) is 6. The summed E-state index contributed by atoms with van der Waals surface area (Å²) in [5.41, 5.74) is 2.39. The van der Waals surface area contributed by atoms with Gasteiger partial charge in [-0.1, -0.05) is 0 Å². The van der Waals surface area contributed by atoms with Crippen LogP contribution in [0.4, 0.5) is 8.78 Å². The summed E-state index contributed by atoms with van der Waals surface area (Å²) in [5, 5.41) is 0. The topological polar surface area (TPSA) is 83.0 Å². The number of imidazole rings is 2. The lowest BCUT2D eigenvalue weighted by Crippen LogP contribution is -2.32. The maximum atomic E-state index is 14.2. The molecule has 0 fully saturated rings. The minimum absolute atomic E-state index is 0.251. The third kappa shape index (κ3) is 3.63. The van der Waals surface area contributed by atoms with E-state index >= 15 is 0 Å². The van der Waals surface area contributed by atoms with E-state index in [1.54, 1.807) is 32.0 Å². The molecule has 0 N–H and O–H groups in total. The van der Waals surface area contributed by atoms with Crippen LogP contribution in [0.5, 0.6) is 5.75 Å². The normalized spacial score (nSPS) is 15.5. The SMILES string of the molecule is CN(C)CCn1c(=O)n([C@@H]2CCOc3ccc(F)cc32)c2nc(-n3cnc4ccc(F)cc43)ncc21. The highest BCUT2D eigenvalue weighted by atomic mass is 19.1. The third-order valence-electron chi connectivity index (χ3n) is 6.48. The molecule has 3 aromatic heterocycles. The molecule has 6 rings (SSSR count). The number of nitrogens with zero attached hydrogens (tertiary/aromatic N) is 7. The van der Waals surface area contributed by atoms with Crippen molar-refractivity contribution >= 4 is 22.2 Å². The first-order valence-electron chi connectivity index (χ1n) is 11.6. The molecular formula is C25H23F2N7O2. The van der Waals surface area contributed by atoms with Crippen LogP contribution in [-0.2, 0) is 6.54 Å². The fourth-order valence-electron chi connectivity index (χ4n) is 4.72. The highest BCUT2D eigenvalue weighted by Gasteiger charge is 2.29. The molecule has 9 nitrogen and oxygen atoms in total. The summed E-state index contributed by atoms with van der Waals surface area (Å²) in [4.78, 5) is 29.3. The molecule has 2 aromatic carbocycles. The van der Waals surface area contributed by atoms with Crippen molar-refractivity contribution in [1.82, 2.24) is 33.6 Å². The quantitative estimate of drug-likeness (QED) is 0.376. The second kappa shape index (κ2) is 8.52. The zero-order valence-corrected chi connectivity index (χ0v) is 19.7. The second-order valence-corrected chi connectivity index (χ2v) is 9.07. The number of likely N-dealkylation sites (N-methyl/N-ethyl adjacent to an activating group) is 1. The molecule has 1 atom stereocenters. The lowest BCUT2D eigenvalue weighted by atomic mass is 10.00. The molecule has 0 saturated carbocycles. The van der Waals surface area contributed by atoms with Crippen LogP contribution in [0.25, 0.3) is 28.1 Å². The maximum Gasteiger partial charge on any atom is 0.330 e. The van der Waals surface area contributed by atoms with Gasteiger partial charge >= 0.3 is 5.69 Å². The van der Waals surface area contributed by atoms with E-state index in [1.165, 1.54) is 30.6 Å². The van der Waals surface area contributed by atoms with Crippen LogP contribution in [0.2, 0.25) is 0 Å². The van der Waals surface area contributed by atoms with Gasteiger partial charge in [0.15, 0.2) is 5.65 Å². The Morgan fingerprint density at radius 3 is 2.72 bits per heavy atom. The molecule has 184 valence electrons. The average molecular weight is 492 g/mol.